The van der Waals surface area contributed by atoms with Gasteiger partial charge in [-0.1, -0.05) is 18.2 Å². The first-order chi connectivity index (χ1) is 8.36. The summed E-state index contributed by atoms with van der Waals surface area (Å²) in [5.41, 5.74) is 0. The van der Waals surface area contributed by atoms with Crippen LogP contribution in [0.2, 0.25) is 0 Å². The molecule has 0 amide bonds. The molecule has 0 aliphatic carbocycles. The maximum atomic E-state index is 13.2. The average Bonchev–Trinajstić information content (AvgIpc) is 2.28. The van der Waals surface area contributed by atoms with Crippen LogP contribution < -0.4 is 18.9 Å². The van der Waals surface area contributed by atoms with Crippen LogP contribution in [0.3, 0.4) is 0 Å². The average molecular weight is 328 g/mol. The van der Waals surface area contributed by atoms with Gasteiger partial charge in [0.05, 0.1) is 4.90 Å². The van der Waals surface area contributed by atoms with Crippen molar-refractivity contribution in [1.29, 1.82) is 0 Å². The molecule has 0 aliphatic heterocycles. The molecule has 0 aromatic heterocycles. The van der Waals surface area contributed by atoms with Gasteiger partial charge in [-0.05, 0) is 12.1 Å². The first-order valence-corrected chi connectivity index (χ1v) is 7.25. The van der Waals surface area contributed by atoms with E-state index in [9.17, 15) is 39.0 Å². The van der Waals surface area contributed by atoms with Gasteiger partial charge in [0.25, 0.3) is 9.84 Å². The van der Waals surface area contributed by atoms with Gasteiger partial charge in [0.15, 0.2) is 10.1 Å². The van der Waals surface area contributed by atoms with Crippen molar-refractivity contribution in [3.8, 4) is 0 Å². The first kappa shape index (κ1) is 19.4. The molecule has 0 unspecified atom stereocenters. The predicted octanol–water partition coefficient (Wildman–Crippen LogP) is -1.80. The molecule has 0 aliphatic rings. The number of rotatable bonds is 4. The van der Waals surface area contributed by atoms with Crippen molar-refractivity contribution < 1.29 is 57.8 Å². The van der Waals surface area contributed by atoms with Crippen LogP contribution in [0, 0.1) is 0 Å². The summed E-state index contributed by atoms with van der Waals surface area (Å²) in [6.45, 7) is 0. The summed E-state index contributed by atoms with van der Waals surface area (Å²) >= 11 is 0. The van der Waals surface area contributed by atoms with Crippen molar-refractivity contribution >= 4 is 20.0 Å². The number of halogens is 4. The molecule has 0 radical (unpaired) electrons. The third-order valence-corrected chi connectivity index (χ3v) is 4.88. The number of sulfone groups is 1. The number of benzene rings is 1. The first-order valence-electron chi connectivity index (χ1n) is 4.36. The van der Waals surface area contributed by atoms with E-state index in [-0.39, 0.29) is 18.9 Å². The van der Waals surface area contributed by atoms with Crippen LogP contribution in [0.4, 0.5) is 17.6 Å². The minimum absolute atomic E-state index is 0. The second-order valence-electron chi connectivity index (χ2n) is 3.30. The van der Waals surface area contributed by atoms with Gasteiger partial charge in [-0.15, -0.1) is 0 Å². The Morgan fingerprint density at radius 1 is 0.850 bits per heavy atom. The molecule has 1 aromatic carbocycles. The third kappa shape index (κ3) is 2.87. The SMILES string of the molecule is O=S(=O)([O-])C(F)(F)C(F)(F)S(=O)(=O)c1ccccc1.[Li+]. The Bertz CT molecular complexity index is 672. The fraction of sp³-hybridized carbons (Fsp3) is 0.250. The van der Waals surface area contributed by atoms with Crippen molar-refractivity contribution in [2.24, 2.45) is 0 Å². The van der Waals surface area contributed by atoms with E-state index in [1.807, 2.05) is 0 Å². The summed E-state index contributed by atoms with van der Waals surface area (Å²) in [4.78, 5) is -1.23. The van der Waals surface area contributed by atoms with Crippen LogP contribution in [-0.2, 0) is 20.0 Å². The molecular formula is C8H5F4LiO5S2. The Hall–Kier alpha value is -0.603. The smallest absolute Gasteiger partial charge is 0.743 e. The molecule has 0 spiro atoms. The van der Waals surface area contributed by atoms with E-state index >= 15 is 0 Å². The molecular weight excluding hydrogens is 323 g/mol. The van der Waals surface area contributed by atoms with Crippen molar-refractivity contribution in [3.63, 3.8) is 0 Å². The molecule has 0 bridgehead atoms. The van der Waals surface area contributed by atoms with Gasteiger partial charge in [0.1, 0.15) is 0 Å². The molecule has 5 nitrogen and oxygen atoms in total. The van der Waals surface area contributed by atoms with Crippen molar-refractivity contribution in [3.05, 3.63) is 30.3 Å². The van der Waals surface area contributed by atoms with E-state index in [2.05, 4.69) is 0 Å². The normalized spacial score (nSPS) is 13.7. The Kier molecular flexibility index (Phi) is 5.48. The van der Waals surface area contributed by atoms with Gasteiger partial charge in [0, 0.05) is 0 Å². The van der Waals surface area contributed by atoms with E-state index in [1.165, 1.54) is 6.07 Å². The van der Waals surface area contributed by atoms with Gasteiger partial charge >= 0.3 is 29.4 Å². The summed E-state index contributed by atoms with van der Waals surface area (Å²) in [6.07, 6.45) is 0. The summed E-state index contributed by atoms with van der Waals surface area (Å²) < 4.78 is 105. The molecule has 1 aromatic rings. The van der Waals surface area contributed by atoms with Crippen molar-refractivity contribution in [2.45, 2.75) is 15.4 Å². The zero-order valence-corrected chi connectivity index (χ0v) is 11.4. The molecule has 0 N–H and O–H groups in total. The van der Waals surface area contributed by atoms with Crippen LogP contribution in [0.25, 0.3) is 0 Å². The summed E-state index contributed by atoms with van der Waals surface area (Å²) in [7, 11) is -12.9. The zero-order valence-electron chi connectivity index (χ0n) is 9.76. The molecule has 0 heterocycles. The van der Waals surface area contributed by atoms with Crippen LogP contribution in [0.15, 0.2) is 35.2 Å². The second kappa shape index (κ2) is 5.65. The van der Waals surface area contributed by atoms with Crippen LogP contribution >= 0.6 is 0 Å². The standard InChI is InChI=1S/C8H6F4O5S2.Li/c9-7(10,8(11,12)19(15,16)17)18(13,14)6-4-2-1-3-5-6;/h1-5H,(H,15,16,17);/q;+1/p-1. The van der Waals surface area contributed by atoms with Gasteiger partial charge in [0.2, 0.25) is 0 Å². The minimum atomic E-state index is -6.86. The van der Waals surface area contributed by atoms with E-state index in [0.717, 1.165) is 12.1 Å². The van der Waals surface area contributed by atoms with Gasteiger partial charge in [-0.2, -0.15) is 17.6 Å². The summed E-state index contributed by atoms with van der Waals surface area (Å²) in [5.74, 6) is 0. The predicted molar refractivity (Wildman–Crippen MR) is 53.2 cm³/mol. The molecule has 0 saturated carbocycles. The number of hydrogen-bond acceptors (Lipinski definition) is 5. The molecule has 0 fully saturated rings. The van der Waals surface area contributed by atoms with E-state index in [1.54, 1.807) is 0 Å². The summed E-state index contributed by atoms with van der Waals surface area (Å²) in [6, 6.07) is 4.28. The topological polar surface area (TPSA) is 91.3 Å². The van der Waals surface area contributed by atoms with Gasteiger partial charge < -0.3 is 4.55 Å². The number of alkyl halides is 4. The molecule has 1 rings (SSSR count). The molecule has 0 saturated heterocycles. The van der Waals surface area contributed by atoms with E-state index < -0.39 is 35.4 Å². The Morgan fingerprint density at radius 2 is 1.25 bits per heavy atom. The molecule has 108 valence electrons. The van der Waals surface area contributed by atoms with E-state index in [0.29, 0.717) is 12.1 Å². The van der Waals surface area contributed by atoms with Crippen LogP contribution in [0.1, 0.15) is 0 Å². The van der Waals surface area contributed by atoms with Gasteiger partial charge in [-0.25, -0.2) is 16.8 Å². The third-order valence-electron chi connectivity index (χ3n) is 2.04. The monoisotopic (exact) mass is 328 g/mol. The fourth-order valence-corrected chi connectivity index (χ4v) is 3.10. The summed E-state index contributed by atoms with van der Waals surface area (Å²) in [5, 5.41) is -12.4. The molecule has 12 heteroatoms. The molecule has 0 atom stereocenters. The largest absolute Gasteiger partial charge is 1.00 e. The van der Waals surface area contributed by atoms with E-state index in [4.69, 9.17) is 0 Å². The van der Waals surface area contributed by atoms with Crippen molar-refractivity contribution in [2.75, 3.05) is 0 Å². The minimum Gasteiger partial charge on any atom is -0.743 e. The van der Waals surface area contributed by atoms with Crippen molar-refractivity contribution in [1.82, 2.24) is 0 Å². The maximum Gasteiger partial charge on any atom is 1.00 e. The Balaban J connectivity index is 0.00000361. The quantitative estimate of drug-likeness (QED) is 0.369. The second-order valence-corrected chi connectivity index (χ2v) is 6.72. The zero-order chi connectivity index (χ0) is 15.1. The van der Waals surface area contributed by atoms with Crippen LogP contribution in [-0.4, -0.2) is 31.9 Å². The number of hydrogen-bond donors (Lipinski definition) is 0. The Morgan fingerprint density at radius 3 is 1.60 bits per heavy atom. The Labute approximate surface area is 123 Å². The molecule has 20 heavy (non-hydrogen) atoms. The van der Waals surface area contributed by atoms with Crippen LogP contribution in [0.5, 0.6) is 0 Å². The van der Waals surface area contributed by atoms with Gasteiger partial charge in [-0.3, -0.25) is 0 Å². The maximum absolute atomic E-state index is 13.2. The fourth-order valence-electron chi connectivity index (χ4n) is 1.05.